The monoisotopic (exact) mass is 216 g/mol. The number of carboxylic acids is 1. The molecule has 1 N–H and O–H groups in total. The minimum absolute atomic E-state index is 0.232. The van der Waals surface area contributed by atoms with E-state index in [1.54, 1.807) is 7.11 Å². The molecule has 0 spiro atoms. The molecule has 0 heterocycles. The Bertz CT molecular complexity index is 211. The van der Waals surface area contributed by atoms with Gasteiger partial charge < -0.3 is 9.84 Å². The van der Waals surface area contributed by atoms with Gasteiger partial charge in [-0.15, -0.1) is 0 Å². The van der Waals surface area contributed by atoms with E-state index in [1.165, 1.54) is 0 Å². The van der Waals surface area contributed by atoms with E-state index >= 15 is 0 Å². The molecule has 3 heteroatoms. The summed E-state index contributed by atoms with van der Waals surface area (Å²) in [6.07, 6.45) is 3.06. The van der Waals surface area contributed by atoms with E-state index in [2.05, 4.69) is 0 Å². The van der Waals surface area contributed by atoms with Crippen molar-refractivity contribution in [2.45, 2.75) is 59.0 Å². The molecular weight excluding hydrogens is 192 g/mol. The van der Waals surface area contributed by atoms with Crippen LogP contribution in [0.4, 0.5) is 0 Å². The van der Waals surface area contributed by atoms with Crippen molar-refractivity contribution in [3.63, 3.8) is 0 Å². The van der Waals surface area contributed by atoms with Crippen LogP contribution in [-0.4, -0.2) is 23.8 Å². The topological polar surface area (TPSA) is 46.5 Å². The van der Waals surface area contributed by atoms with Crippen molar-refractivity contribution < 1.29 is 14.6 Å². The normalized spacial score (nSPS) is 16.1. The van der Waals surface area contributed by atoms with Crippen molar-refractivity contribution in [1.29, 1.82) is 0 Å². The third kappa shape index (κ3) is 4.65. The van der Waals surface area contributed by atoms with E-state index < -0.39 is 11.4 Å². The molecule has 0 aliphatic carbocycles. The Labute approximate surface area is 92.8 Å². The molecule has 3 nitrogen and oxygen atoms in total. The Morgan fingerprint density at radius 1 is 1.20 bits per heavy atom. The van der Waals surface area contributed by atoms with Crippen LogP contribution in [0.5, 0.6) is 0 Å². The van der Waals surface area contributed by atoms with E-state index in [0.29, 0.717) is 6.42 Å². The van der Waals surface area contributed by atoms with Gasteiger partial charge in [-0.25, -0.2) is 0 Å². The van der Waals surface area contributed by atoms with Gasteiger partial charge in [-0.3, -0.25) is 4.79 Å². The third-order valence-electron chi connectivity index (χ3n) is 3.15. The highest BCUT2D eigenvalue weighted by Gasteiger charge is 2.33. The molecule has 0 saturated heterocycles. The summed E-state index contributed by atoms with van der Waals surface area (Å²) in [4.78, 5) is 11.2. The van der Waals surface area contributed by atoms with E-state index in [-0.39, 0.29) is 5.60 Å². The van der Waals surface area contributed by atoms with Crippen LogP contribution in [0.2, 0.25) is 0 Å². The standard InChI is InChI=1S/C12H24O3/c1-6-7-12(4,10(13)14)9-8-11(2,3)15-5/h6-9H2,1-5H3,(H,13,14). The van der Waals surface area contributed by atoms with Crippen molar-refractivity contribution in [3.05, 3.63) is 0 Å². The van der Waals surface area contributed by atoms with Crippen molar-refractivity contribution in [2.75, 3.05) is 7.11 Å². The number of rotatable bonds is 7. The Morgan fingerprint density at radius 3 is 2.07 bits per heavy atom. The molecule has 0 aromatic carbocycles. The predicted octanol–water partition coefficient (Wildman–Crippen LogP) is 3.08. The zero-order valence-electron chi connectivity index (χ0n) is 10.6. The van der Waals surface area contributed by atoms with E-state index in [9.17, 15) is 9.90 Å². The van der Waals surface area contributed by atoms with Gasteiger partial charge in [0.25, 0.3) is 0 Å². The van der Waals surface area contributed by atoms with Crippen molar-refractivity contribution >= 4 is 5.97 Å². The number of carbonyl (C=O) groups is 1. The molecule has 0 rings (SSSR count). The summed E-state index contributed by atoms with van der Waals surface area (Å²) < 4.78 is 5.30. The summed E-state index contributed by atoms with van der Waals surface area (Å²) in [5, 5.41) is 9.19. The maximum Gasteiger partial charge on any atom is 0.309 e. The fraction of sp³-hybridized carbons (Fsp3) is 0.917. The molecular formula is C12H24O3. The summed E-state index contributed by atoms with van der Waals surface area (Å²) in [5.41, 5.74) is -0.838. The van der Waals surface area contributed by atoms with Crippen LogP contribution in [0.3, 0.4) is 0 Å². The Kier molecular flexibility index (Phi) is 5.29. The molecule has 1 unspecified atom stereocenters. The average Bonchev–Trinajstić information content (AvgIpc) is 2.15. The molecule has 0 fully saturated rings. The van der Waals surface area contributed by atoms with Crippen LogP contribution in [0.1, 0.15) is 53.4 Å². The third-order valence-corrected chi connectivity index (χ3v) is 3.15. The Hall–Kier alpha value is -0.570. The fourth-order valence-corrected chi connectivity index (χ4v) is 1.57. The molecule has 0 aromatic rings. The first kappa shape index (κ1) is 14.4. The molecule has 0 aromatic heterocycles. The zero-order chi connectivity index (χ0) is 12.1. The molecule has 15 heavy (non-hydrogen) atoms. The molecule has 0 aliphatic rings. The molecule has 1 atom stereocenters. The van der Waals surface area contributed by atoms with Crippen LogP contribution in [0.25, 0.3) is 0 Å². The van der Waals surface area contributed by atoms with Crippen molar-refractivity contribution in [1.82, 2.24) is 0 Å². The number of aliphatic carboxylic acids is 1. The fourth-order valence-electron chi connectivity index (χ4n) is 1.57. The Morgan fingerprint density at radius 2 is 1.73 bits per heavy atom. The SMILES string of the molecule is CCCC(C)(CCC(C)(C)OC)C(=O)O. The zero-order valence-corrected chi connectivity index (χ0v) is 10.6. The first-order chi connectivity index (χ1) is 6.77. The Balaban J connectivity index is 4.37. The lowest BCUT2D eigenvalue weighted by Gasteiger charge is -2.30. The summed E-state index contributed by atoms with van der Waals surface area (Å²) in [7, 11) is 1.66. The number of ether oxygens (including phenoxy) is 1. The lowest BCUT2D eigenvalue weighted by atomic mass is 9.79. The highest BCUT2D eigenvalue weighted by atomic mass is 16.5. The lowest BCUT2D eigenvalue weighted by molar-refractivity contribution is -0.149. The van der Waals surface area contributed by atoms with Gasteiger partial charge in [0.1, 0.15) is 0 Å². The summed E-state index contributed by atoms with van der Waals surface area (Å²) in [6, 6.07) is 0. The van der Waals surface area contributed by atoms with E-state index in [1.807, 2.05) is 27.7 Å². The van der Waals surface area contributed by atoms with E-state index in [0.717, 1.165) is 19.3 Å². The quantitative estimate of drug-likeness (QED) is 0.711. The summed E-state index contributed by atoms with van der Waals surface area (Å²) in [5.74, 6) is -0.698. The van der Waals surface area contributed by atoms with Crippen LogP contribution in [0.15, 0.2) is 0 Å². The average molecular weight is 216 g/mol. The number of hydrogen-bond acceptors (Lipinski definition) is 2. The molecule has 0 aliphatic heterocycles. The van der Waals surface area contributed by atoms with Crippen LogP contribution < -0.4 is 0 Å². The minimum atomic E-state index is -0.698. The largest absolute Gasteiger partial charge is 0.481 e. The molecule has 0 bridgehead atoms. The molecule has 90 valence electrons. The predicted molar refractivity (Wildman–Crippen MR) is 61.0 cm³/mol. The smallest absolute Gasteiger partial charge is 0.309 e. The maximum atomic E-state index is 11.2. The van der Waals surface area contributed by atoms with Crippen LogP contribution in [0, 0.1) is 5.41 Å². The van der Waals surface area contributed by atoms with E-state index in [4.69, 9.17) is 4.74 Å². The lowest BCUT2D eigenvalue weighted by Crippen LogP contribution is -2.32. The number of methoxy groups -OCH3 is 1. The highest BCUT2D eigenvalue weighted by molar-refractivity contribution is 5.74. The molecule has 0 saturated carbocycles. The van der Waals surface area contributed by atoms with Gasteiger partial charge in [-0.05, 0) is 40.0 Å². The van der Waals surface area contributed by atoms with Crippen molar-refractivity contribution in [2.24, 2.45) is 5.41 Å². The van der Waals surface area contributed by atoms with Gasteiger partial charge in [-0.2, -0.15) is 0 Å². The van der Waals surface area contributed by atoms with Gasteiger partial charge in [0.05, 0.1) is 11.0 Å². The summed E-state index contributed by atoms with van der Waals surface area (Å²) in [6.45, 7) is 7.82. The minimum Gasteiger partial charge on any atom is -0.481 e. The molecule has 0 radical (unpaired) electrons. The second-order valence-corrected chi connectivity index (χ2v) is 5.08. The first-order valence-electron chi connectivity index (χ1n) is 5.56. The second-order valence-electron chi connectivity index (χ2n) is 5.08. The van der Waals surface area contributed by atoms with Gasteiger partial charge in [0.15, 0.2) is 0 Å². The maximum absolute atomic E-state index is 11.2. The number of hydrogen-bond donors (Lipinski definition) is 1. The number of carboxylic acid groups (broad SMARTS) is 1. The van der Waals surface area contributed by atoms with Crippen LogP contribution in [-0.2, 0) is 9.53 Å². The first-order valence-corrected chi connectivity index (χ1v) is 5.56. The van der Waals surface area contributed by atoms with Crippen LogP contribution >= 0.6 is 0 Å². The van der Waals surface area contributed by atoms with Gasteiger partial charge in [0.2, 0.25) is 0 Å². The second kappa shape index (κ2) is 5.50. The molecule has 0 amide bonds. The van der Waals surface area contributed by atoms with Gasteiger partial charge >= 0.3 is 5.97 Å². The van der Waals surface area contributed by atoms with Crippen molar-refractivity contribution in [3.8, 4) is 0 Å². The van der Waals surface area contributed by atoms with Gasteiger partial charge in [-0.1, -0.05) is 13.3 Å². The summed E-state index contributed by atoms with van der Waals surface area (Å²) >= 11 is 0. The highest BCUT2D eigenvalue weighted by Crippen LogP contribution is 2.32. The van der Waals surface area contributed by atoms with Gasteiger partial charge in [0, 0.05) is 7.11 Å².